The quantitative estimate of drug-likeness (QED) is 0.289. The lowest BCUT2D eigenvalue weighted by atomic mass is 10.0. The van der Waals surface area contributed by atoms with Crippen LogP contribution in [-0.4, -0.2) is 24.9 Å². The van der Waals surface area contributed by atoms with Gasteiger partial charge in [0.15, 0.2) is 0 Å². The number of benzene rings is 3. The monoisotopic (exact) mass is 431 g/mol. The van der Waals surface area contributed by atoms with E-state index in [0.29, 0.717) is 11.4 Å². The molecule has 0 fully saturated rings. The number of methoxy groups -OCH3 is 2. The number of ether oxygens (including phenoxy) is 2. The summed E-state index contributed by atoms with van der Waals surface area (Å²) >= 11 is 6.11. The molecule has 0 aliphatic rings. The molecular formula is C25H22ClN3O2. The van der Waals surface area contributed by atoms with Crippen molar-refractivity contribution in [1.82, 2.24) is 4.98 Å². The third-order valence-electron chi connectivity index (χ3n) is 4.97. The highest BCUT2D eigenvalue weighted by Gasteiger charge is 2.08. The molecule has 0 aliphatic carbocycles. The number of pyridine rings is 1. The maximum atomic E-state index is 6.11. The summed E-state index contributed by atoms with van der Waals surface area (Å²) in [5.41, 5.74) is 7.93. The standard InChI is InChI=1S/C25H22ClN3O2/c1-30-20-8-3-17(4-9-20)15-24(18-5-10-21(31-2)11-6-18)29-28-23-13-14-27-25-16-19(26)7-12-22(23)25/h3-14,16H,15H2,1-2H3,(H,27,28)/b29-24+. The third-order valence-corrected chi connectivity index (χ3v) is 5.21. The molecule has 3 aromatic carbocycles. The number of fused-ring (bicyclic) bond motifs is 1. The second-order valence-electron chi connectivity index (χ2n) is 6.94. The molecule has 1 N–H and O–H groups in total. The maximum Gasteiger partial charge on any atom is 0.118 e. The van der Waals surface area contributed by atoms with Gasteiger partial charge in [-0.15, -0.1) is 0 Å². The minimum atomic E-state index is 0.651. The Labute approximate surface area is 186 Å². The zero-order valence-electron chi connectivity index (χ0n) is 17.3. The van der Waals surface area contributed by atoms with Gasteiger partial charge in [-0.1, -0.05) is 23.7 Å². The van der Waals surface area contributed by atoms with Crippen LogP contribution in [0.5, 0.6) is 11.5 Å². The molecule has 4 aromatic rings. The molecule has 0 saturated carbocycles. The molecule has 31 heavy (non-hydrogen) atoms. The van der Waals surface area contributed by atoms with Gasteiger partial charge in [0.05, 0.1) is 31.1 Å². The van der Waals surface area contributed by atoms with Gasteiger partial charge in [0.1, 0.15) is 11.5 Å². The number of hydrogen-bond acceptors (Lipinski definition) is 5. The Morgan fingerprint density at radius 1 is 0.903 bits per heavy atom. The zero-order valence-corrected chi connectivity index (χ0v) is 18.1. The SMILES string of the molecule is COc1ccc(C/C(=N\Nc2ccnc3cc(Cl)ccc23)c2ccc(OC)cc2)cc1. The largest absolute Gasteiger partial charge is 0.497 e. The van der Waals surface area contributed by atoms with Crippen LogP contribution in [-0.2, 0) is 6.42 Å². The maximum absolute atomic E-state index is 6.11. The summed E-state index contributed by atoms with van der Waals surface area (Å²) in [5.74, 6) is 1.63. The first-order valence-electron chi connectivity index (χ1n) is 9.80. The fraction of sp³-hybridized carbons (Fsp3) is 0.120. The number of hydrazone groups is 1. The van der Waals surface area contributed by atoms with E-state index in [1.165, 1.54) is 0 Å². The minimum absolute atomic E-state index is 0.651. The molecule has 1 aromatic heterocycles. The van der Waals surface area contributed by atoms with Crippen LogP contribution in [0.3, 0.4) is 0 Å². The summed E-state index contributed by atoms with van der Waals surface area (Å²) < 4.78 is 10.6. The number of aromatic nitrogens is 1. The van der Waals surface area contributed by atoms with Crippen molar-refractivity contribution < 1.29 is 9.47 Å². The number of rotatable bonds is 7. The molecule has 0 amide bonds. The van der Waals surface area contributed by atoms with Crippen LogP contribution < -0.4 is 14.9 Å². The van der Waals surface area contributed by atoms with E-state index < -0.39 is 0 Å². The fourth-order valence-electron chi connectivity index (χ4n) is 3.27. The smallest absolute Gasteiger partial charge is 0.118 e. The highest BCUT2D eigenvalue weighted by molar-refractivity contribution is 6.31. The first kappa shape index (κ1) is 20.7. The van der Waals surface area contributed by atoms with Crippen LogP contribution in [0.1, 0.15) is 11.1 Å². The highest BCUT2D eigenvalue weighted by Crippen LogP contribution is 2.25. The van der Waals surface area contributed by atoms with Crippen molar-refractivity contribution in [3.05, 3.63) is 95.1 Å². The molecule has 5 nitrogen and oxygen atoms in total. The first-order chi connectivity index (χ1) is 15.2. The average molecular weight is 432 g/mol. The molecule has 0 saturated heterocycles. The lowest BCUT2D eigenvalue weighted by Crippen LogP contribution is -2.09. The highest BCUT2D eigenvalue weighted by atomic mass is 35.5. The van der Waals surface area contributed by atoms with E-state index in [4.69, 9.17) is 26.2 Å². The van der Waals surface area contributed by atoms with Crippen LogP contribution in [0.15, 0.2) is 84.1 Å². The molecule has 0 unspecified atom stereocenters. The van der Waals surface area contributed by atoms with E-state index in [1.54, 1.807) is 20.4 Å². The summed E-state index contributed by atoms with van der Waals surface area (Å²) in [6, 6.07) is 23.4. The molecule has 0 bridgehead atoms. The molecule has 0 aliphatic heterocycles. The summed E-state index contributed by atoms with van der Waals surface area (Å²) in [7, 11) is 3.32. The van der Waals surface area contributed by atoms with Crippen molar-refractivity contribution in [2.75, 3.05) is 19.6 Å². The van der Waals surface area contributed by atoms with E-state index in [1.807, 2.05) is 72.8 Å². The molecule has 0 atom stereocenters. The van der Waals surface area contributed by atoms with Gasteiger partial charge in [0.2, 0.25) is 0 Å². The molecule has 0 spiro atoms. The van der Waals surface area contributed by atoms with E-state index in [9.17, 15) is 0 Å². The number of hydrogen-bond donors (Lipinski definition) is 1. The van der Waals surface area contributed by atoms with Crippen molar-refractivity contribution in [2.45, 2.75) is 6.42 Å². The number of anilines is 1. The van der Waals surface area contributed by atoms with Crippen molar-refractivity contribution in [2.24, 2.45) is 5.10 Å². The topological polar surface area (TPSA) is 55.7 Å². The van der Waals surface area contributed by atoms with Gasteiger partial charge in [0.25, 0.3) is 0 Å². The van der Waals surface area contributed by atoms with Gasteiger partial charge in [-0.25, -0.2) is 0 Å². The predicted octanol–water partition coefficient (Wildman–Crippen LogP) is 5.96. The summed E-state index contributed by atoms with van der Waals surface area (Å²) in [6.45, 7) is 0. The van der Waals surface area contributed by atoms with Gasteiger partial charge in [-0.3, -0.25) is 10.4 Å². The van der Waals surface area contributed by atoms with Crippen molar-refractivity contribution >= 4 is 33.9 Å². The summed E-state index contributed by atoms with van der Waals surface area (Å²) in [6.07, 6.45) is 2.39. The van der Waals surface area contributed by atoms with Crippen LogP contribution >= 0.6 is 11.6 Å². The van der Waals surface area contributed by atoms with Crippen molar-refractivity contribution in [1.29, 1.82) is 0 Å². The Balaban J connectivity index is 1.68. The number of halogens is 1. The van der Waals surface area contributed by atoms with Gasteiger partial charge < -0.3 is 9.47 Å². The van der Waals surface area contributed by atoms with Gasteiger partial charge in [-0.2, -0.15) is 5.10 Å². The fourth-order valence-corrected chi connectivity index (χ4v) is 3.44. The van der Waals surface area contributed by atoms with E-state index in [-0.39, 0.29) is 0 Å². The van der Waals surface area contributed by atoms with Crippen LogP contribution in [0.4, 0.5) is 5.69 Å². The molecule has 4 rings (SSSR count). The number of nitrogens with one attached hydrogen (secondary N) is 1. The third kappa shape index (κ3) is 4.95. The van der Waals surface area contributed by atoms with E-state index in [2.05, 4.69) is 10.4 Å². The minimum Gasteiger partial charge on any atom is -0.497 e. The molecule has 6 heteroatoms. The normalized spacial score (nSPS) is 11.4. The van der Waals surface area contributed by atoms with E-state index >= 15 is 0 Å². The van der Waals surface area contributed by atoms with Crippen LogP contribution in [0.25, 0.3) is 10.9 Å². The predicted molar refractivity (Wildman–Crippen MR) is 127 cm³/mol. The summed E-state index contributed by atoms with van der Waals surface area (Å²) in [4.78, 5) is 4.39. The Bertz CT molecular complexity index is 1210. The molecule has 156 valence electrons. The van der Waals surface area contributed by atoms with E-state index in [0.717, 1.165) is 44.9 Å². The lowest BCUT2D eigenvalue weighted by Gasteiger charge is -2.11. The van der Waals surface area contributed by atoms with Crippen molar-refractivity contribution in [3.63, 3.8) is 0 Å². The Kier molecular flexibility index (Phi) is 6.34. The van der Waals surface area contributed by atoms with Gasteiger partial charge in [-0.05, 0) is 71.8 Å². The lowest BCUT2D eigenvalue weighted by molar-refractivity contribution is 0.414. The van der Waals surface area contributed by atoms with Crippen LogP contribution in [0, 0.1) is 0 Å². The molecule has 0 radical (unpaired) electrons. The molecule has 1 heterocycles. The molecular weight excluding hydrogens is 410 g/mol. The Morgan fingerprint density at radius 2 is 1.58 bits per heavy atom. The second-order valence-corrected chi connectivity index (χ2v) is 7.38. The van der Waals surface area contributed by atoms with Gasteiger partial charge >= 0.3 is 0 Å². The van der Waals surface area contributed by atoms with Crippen LogP contribution in [0.2, 0.25) is 5.02 Å². The van der Waals surface area contributed by atoms with Crippen molar-refractivity contribution in [3.8, 4) is 11.5 Å². The Hall–Kier alpha value is -3.57. The average Bonchev–Trinajstić information content (AvgIpc) is 2.82. The van der Waals surface area contributed by atoms with Gasteiger partial charge in [0, 0.05) is 23.0 Å². The second kappa shape index (κ2) is 9.49. The number of nitrogens with zero attached hydrogens (tertiary/aromatic N) is 2. The first-order valence-corrected chi connectivity index (χ1v) is 10.2. The zero-order chi connectivity index (χ0) is 21.6. The summed E-state index contributed by atoms with van der Waals surface area (Å²) in [5, 5.41) is 6.37. The Morgan fingerprint density at radius 3 is 2.26 bits per heavy atom.